The van der Waals surface area contributed by atoms with Gasteiger partial charge in [0.1, 0.15) is 0 Å². The van der Waals surface area contributed by atoms with E-state index in [1.807, 2.05) is 17.4 Å². The molecule has 0 aliphatic carbocycles. The number of para-hydroxylation sites is 3. The fourth-order valence-corrected chi connectivity index (χ4v) is 9.89. The minimum Gasteiger partial charge on any atom is -0.309 e. The molecule has 5 heteroatoms. The fourth-order valence-electron chi connectivity index (χ4n) is 8.62. The molecular formula is C48H28N4S. The maximum Gasteiger partial charge on any atom is 0.235 e. The van der Waals surface area contributed by atoms with Gasteiger partial charge in [0, 0.05) is 58.4 Å². The van der Waals surface area contributed by atoms with Crippen LogP contribution >= 0.6 is 11.3 Å². The molecule has 0 aliphatic rings. The van der Waals surface area contributed by atoms with Crippen LogP contribution in [0.15, 0.2) is 170 Å². The van der Waals surface area contributed by atoms with Gasteiger partial charge in [0.15, 0.2) is 0 Å². The summed E-state index contributed by atoms with van der Waals surface area (Å²) in [6.07, 6.45) is 0. The summed E-state index contributed by atoms with van der Waals surface area (Å²) < 4.78 is 7.33. The highest BCUT2D eigenvalue weighted by atomic mass is 32.1. The van der Waals surface area contributed by atoms with Gasteiger partial charge in [-0.3, -0.25) is 4.57 Å². The molecule has 0 fully saturated rings. The van der Waals surface area contributed by atoms with E-state index >= 15 is 0 Å². The first kappa shape index (κ1) is 28.8. The molecule has 0 aliphatic heterocycles. The third-order valence-corrected chi connectivity index (χ3v) is 12.1. The highest BCUT2D eigenvalue weighted by Gasteiger charge is 2.23. The van der Waals surface area contributed by atoms with E-state index in [4.69, 9.17) is 9.97 Å². The maximum atomic E-state index is 5.35. The molecule has 0 bridgehead atoms. The van der Waals surface area contributed by atoms with Crippen LogP contribution in [0.25, 0.3) is 108 Å². The van der Waals surface area contributed by atoms with Crippen molar-refractivity contribution in [2.24, 2.45) is 0 Å². The first-order valence-corrected chi connectivity index (χ1v) is 18.7. The van der Waals surface area contributed by atoms with Gasteiger partial charge in [-0.05, 0) is 59.3 Å². The zero-order valence-corrected chi connectivity index (χ0v) is 29.2. The zero-order chi connectivity index (χ0) is 34.6. The van der Waals surface area contributed by atoms with Crippen LogP contribution in [0, 0.1) is 0 Å². The molecule has 8 aromatic carbocycles. The molecular weight excluding hydrogens is 665 g/mol. The van der Waals surface area contributed by atoms with E-state index in [1.165, 1.54) is 58.0 Å². The Labute approximate surface area is 307 Å². The number of hydrogen-bond acceptors (Lipinski definition) is 3. The van der Waals surface area contributed by atoms with Crippen molar-refractivity contribution < 1.29 is 0 Å². The van der Waals surface area contributed by atoms with Gasteiger partial charge in [0.2, 0.25) is 5.95 Å². The van der Waals surface area contributed by atoms with Crippen LogP contribution in [0.4, 0.5) is 0 Å². The van der Waals surface area contributed by atoms with Crippen LogP contribution in [-0.4, -0.2) is 19.1 Å². The second-order valence-corrected chi connectivity index (χ2v) is 14.8. The zero-order valence-electron chi connectivity index (χ0n) is 28.4. The number of hydrogen-bond donors (Lipinski definition) is 0. The molecule has 12 rings (SSSR count). The second-order valence-electron chi connectivity index (χ2n) is 13.8. The lowest BCUT2D eigenvalue weighted by atomic mass is 10.0. The summed E-state index contributed by atoms with van der Waals surface area (Å²) in [5.74, 6) is 0.661. The van der Waals surface area contributed by atoms with Crippen molar-refractivity contribution in [3.8, 4) is 22.9 Å². The number of fused-ring (bicyclic) bond motifs is 13. The smallest absolute Gasteiger partial charge is 0.235 e. The molecule has 53 heavy (non-hydrogen) atoms. The summed E-state index contributed by atoms with van der Waals surface area (Å²) in [6, 6.07) is 61.0. The first-order valence-electron chi connectivity index (χ1n) is 17.9. The van der Waals surface area contributed by atoms with Gasteiger partial charge < -0.3 is 4.57 Å². The monoisotopic (exact) mass is 692 g/mol. The Bertz CT molecular complexity index is 3450. The minimum absolute atomic E-state index is 0.661. The lowest BCUT2D eigenvalue weighted by molar-refractivity contribution is 1.01. The molecule has 4 heterocycles. The van der Waals surface area contributed by atoms with Crippen LogP contribution in [-0.2, 0) is 0 Å². The summed E-state index contributed by atoms with van der Waals surface area (Å²) in [5, 5.41) is 11.1. The Kier molecular flexibility index (Phi) is 5.90. The van der Waals surface area contributed by atoms with Gasteiger partial charge in [-0.25, -0.2) is 9.97 Å². The van der Waals surface area contributed by atoms with E-state index < -0.39 is 0 Å². The number of rotatable bonds is 3. The van der Waals surface area contributed by atoms with E-state index in [0.717, 1.165) is 44.4 Å². The predicted octanol–water partition coefficient (Wildman–Crippen LogP) is 13.0. The van der Waals surface area contributed by atoms with Crippen molar-refractivity contribution >= 4 is 96.8 Å². The molecule has 0 radical (unpaired) electrons. The van der Waals surface area contributed by atoms with Gasteiger partial charge in [-0.1, -0.05) is 121 Å². The summed E-state index contributed by atoms with van der Waals surface area (Å²) in [7, 11) is 0. The topological polar surface area (TPSA) is 35.6 Å². The lowest BCUT2D eigenvalue weighted by Gasteiger charge is -2.12. The SMILES string of the molecule is c1ccc(-c2nc(-n3c4ccccc4c4cc5c6c7sc8ccc9ccccc9c8c7ccc6n(-c6ccccc6)c5cc43)nc3ccccc23)cc1. The van der Waals surface area contributed by atoms with Gasteiger partial charge in [-0.2, -0.15) is 0 Å². The molecule has 0 atom stereocenters. The van der Waals surface area contributed by atoms with Crippen LogP contribution in [0.1, 0.15) is 0 Å². The predicted molar refractivity (Wildman–Crippen MR) is 224 cm³/mol. The van der Waals surface area contributed by atoms with Crippen molar-refractivity contribution in [1.29, 1.82) is 0 Å². The van der Waals surface area contributed by atoms with Crippen molar-refractivity contribution in [2.75, 3.05) is 0 Å². The van der Waals surface area contributed by atoms with E-state index in [-0.39, 0.29) is 0 Å². The molecule has 0 saturated heterocycles. The molecule has 4 aromatic heterocycles. The minimum atomic E-state index is 0.661. The lowest BCUT2D eigenvalue weighted by Crippen LogP contribution is -2.03. The normalized spacial score (nSPS) is 12.2. The van der Waals surface area contributed by atoms with Crippen LogP contribution in [0.2, 0.25) is 0 Å². The quantitative estimate of drug-likeness (QED) is 0.185. The van der Waals surface area contributed by atoms with Crippen molar-refractivity contribution in [1.82, 2.24) is 19.1 Å². The van der Waals surface area contributed by atoms with Gasteiger partial charge in [0.25, 0.3) is 0 Å². The first-order chi connectivity index (χ1) is 26.3. The van der Waals surface area contributed by atoms with Crippen LogP contribution < -0.4 is 0 Å². The summed E-state index contributed by atoms with van der Waals surface area (Å²) in [6.45, 7) is 0. The van der Waals surface area contributed by atoms with E-state index in [0.29, 0.717) is 5.95 Å². The van der Waals surface area contributed by atoms with Crippen molar-refractivity contribution in [2.45, 2.75) is 0 Å². The number of aromatic nitrogens is 4. The number of benzene rings is 8. The highest BCUT2D eigenvalue weighted by Crippen LogP contribution is 2.47. The molecule has 4 nitrogen and oxygen atoms in total. The molecule has 0 unspecified atom stereocenters. The van der Waals surface area contributed by atoms with E-state index in [2.05, 4.69) is 173 Å². The Morgan fingerprint density at radius 2 is 1.13 bits per heavy atom. The van der Waals surface area contributed by atoms with Gasteiger partial charge in [-0.15, -0.1) is 11.3 Å². The molecule has 0 amide bonds. The van der Waals surface area contributed by atoms with Crippen LogP contribution in [0.5, 0.6) is 0 Å². The summed E-state index contributed by atoms with van der Waals surface area (Å²) in [5.41, 5.74) is 8.56. The molecule has 0 saturated carbocycles. The average Bonchev–Trinajstić information content (AvgIpc) is 3.87. The van der Waals surface area contributed by atoms with Gasteiger partial charge >= 0.3 is 0 Å². The fraction of sp³-hybridized carbons (Fsp3) is 0. The second kappa shape index (κ2) is 10.8. The van der Waals surface area contributed by atoms with E-state index in [1.54, 1.807) is 0 Å². The maximum absolute atomic E-state index is 5.35. The average molecular weight is 693 g/mol. The van der Waals surface area contributed by atoms with Gasteiger partial charge in [0.05, 0.1) is 33.3 Å². The number of nitrogens with zero attached hydrogens (tertiary/aromatic N) is 4. The Morgan fingerprint density at radius 1 is 0.415 bits per heavy atom. The third-order valence-electron chi connectivity index (χ3n) is 10.9. The molecule has 0 N–H and O–H groups in total. The Morgan fingerprint density at radius 3 is 2.00 bits per heavy atom. The van der Waals surface area contributed by atoms with Crippen molar-refractivity contribution in [3.63, 3.8) is 0 Å². The van der Waals surface area contributed by atoms with Crippen LogP contribution in [0.3, 0.4) is 0 Å². The molecule has 12 aromatic rings. The van der Waals surface area contributed by atoms with Crippen molar-refractivity contribution in [3.05, 3.63) is 170 Å². The highest BCUT2D eigenvalue weighted by molar-refractivity contribution is 7.27. The Hall–Kier alpha value is -6.82. The number of thiophene rings is 1. The van der Waals surface area contributed by atoms with E-state index in [9.17, 15) is 0 Å². The molecule has 246 valence electrons. The summed E-state index contributed by atoms with van der Waals surface area (Å²) in [4.78, 5) is 10.6. The Balaban J connectivity index is 1.24. The third kappa shape index (κ3) is 4.05. The largest absolute Gasteiger partial charge is 0.309 e. The molecule has 0 spiro atoms. The summed E-state index contributed by atoms with van der Waals surface area (Å²) >= 11 is 1.90. The standard InChI is InChI=1S/C48H28N4S/c1-3-14-30(15-4-1)46-34-20-9-11-21-38(34)49-48(50-46)52-39-22-12-10-19-33(39)36-27-37-42(28-41(36)52)51(31-16-5-2-6-17-31)40-25-24-35-44-32-18-8-7-13-29(32)23-26-43(44)53-47(35)45(37)40/h1-28H.